The summed E-state index contributed by atoms with van der Waals surface area (Å²) in [5.41, 5.74) is 3.02. The number of aryl methyl sites for hydroxylation is 2. The van der Waals surface area contributed by atoms with Crippen molar-refractivity contribution in [1.29, 1.82) is 0 Å². The van der Waals surface area contributed by atoms with E-state index in [1.165, 1.54) is 36.5 Å². The van der Waals surface area contributed by atoms with Crippen molar-refractivity contribution in [2.45, 2.75) is 20.2 Å². The zero-order valence-corrected chi connectivity index (χ0v) is 13.1. The Kier molecular flexibility index (Phi) is 5.28. The summed E-state index contributed by atoms with van der Waals surface area (Å²) in [5, 5.41) is 2.83. The van der Waals surface area contributed by atoms with E-state index < -0.39 is 6.36 Å². The van der Waals surface area contributed by atoms with Crippen molar-refractivity contribution in [3.63, 3.8) is 0 Å². The van der Waals surface area contributed by atoms with Crippen molar-refractivity contribution in [2.75, 3.05) is 5.32 Å². The largest absolute Gasteiger partial charge is 0.573 e. The SMILES string of the molecule is Cc1ccc(C)c(C(=O)C=CNc2ccc(OC(F)(F)F)cc2)c1. The molecule has 0 unspecified atom stereocenters. The number of hydrogen-bond acceptors (Lipinski definition) is 3. The van der Waals surface area contributed by atoms with Crippen molar-refractivity contribution in [1.82, 2.24) is 0 Å². The molecular weight excluding hydrogens is 319 g/mol. The average molecular weight is 335 g/mol. The van der Waals surface area contributed by atoms with Gasteiger partial charge in [0.25, 0.3) is 0 Å². The van der Waals surface area contributed by atoms with Crippen LogP contribution in [-0.2, 0) is 0 Å². The second-order valence-corrected chi connectivity index (χ2v) is 5.23. The van der Waals surface area contributed by atoms with E-state index >= 15 is 0 Å². The Morgan fingerprint density at radius 2 is 1.75 bits per heavy atom. The molecule has 3 nitrogen and oxygen atoms in total. The van der Waals surface area contributed by atoms with E-state index in [4.69, 9.17) is 0 Å². The maximum absolute atomic E-state index is 12.1. The molecule has 0 saturated carbocycles. The van der Waals surface area contributed by atoms with Crippen LogP contribution in [0, 0.1) is 13.8 Å². The number of carbonyl (C=O) groups excluding carboxylic acids is 1. The van der Waals surface area contributed by atoms with Gasteiger partial charge < -0.3 is 10.1 Å². The highest BCUT2D eigenvalue weighted by Gasteiger charge is 2.30. The number of carbonyl (C=O) groups is 1. The second-order valence-electron chi connectivity index (χ2n) is 5.23. The van der Waals surface area contributed by atoms with Gasteiger partial charge in [-0.3, -0.25) is 4.79 Å². The molecule has 1 N–H and O–H groups in total. The molecule has 0 aliphatic rings. The van der Waals surface area contributed by atoms with E-state index in [2.05, 4.69) is 10.1 Å². The monoisotopic (exact) mass is 335 g/mol. The van der Waals surface area contributed by atoms with Crippen LogP contribution in [0.4, 0.5) is 18.9 Å². The summed E-state index contributed by atoms with van der Waals surface area (Å²) >= 11 is 0. The highest BCUT2D eigenvalue weighted by atomic mass is 19.4. The molecule has 0 bridgehead atoms. The first kappa shape index (κ1) is 17.6. The molecule has 0 aliphatic heterocycles. The summed E-state index contributed by atoms with van der Waals surface area (Å²) < 4.78 is 40.0. The molecule has 2 rings (SSSR count). The topological polar surface area (TPSA) is 38.3 Å². The number of halogens is 3. The minimum absolute atomic E-state index is 0.152. The summed E-state index contributed by atoms with van der Waals surface area (Å²) in [6, 6.07) is 10.8. The van der Waals surface area contributed by atoms with Crippen molar-refractivity contribution in [3.05, 3.63) is 71.4 Å². The average Bonchev–Trinajstić information content (AvgIpc) is 2.50. The second kappa shape index (κ2) is 7.21. The van der Waals surface area contributed by atoms with Gasteiger partial charge in [0.15, 0.2) is 5.78 Å². The highest BCUT2D eigenvalue weighted by Crippen LogP contribution is 2.23. The van der Waals surface area contributed by atoms with E-state index in [1.54, 1.807) is 0 Å². The van der Waals surface area contributed by atoms with Crippen LogP contribution >= 0.6 is 0 Å². The van der Waals surface area contributed by atoms with E-state index in [0.29, 0.717) is 11.3 Å². The van der Waals surface area contributed by atoms with Gasteiger partial charge in [-0.25, -0.2) is 0 Å². The van der Waals surface area contributed by atoms with Gasteiger partial charge in [-0.05, 0) is 49.7 Å². The van der Waals surface area contributed by atoms with Gasteiger partial charge in [-0.2, -0.15) is 0 Å². The fourth-order valence-corrected chi connectivity index (χ4v) is 2.06. The summed E-state index contributed by atoms with van der Waals surface area (Å²) in [4.78, 5) is 12.1. The number of benzene rings is 2. The van der Waals surface area contributed by atoms with Crippen molar-refractivity contribution in [2.24, 2.45) is 0 Å². The molecule has 0 spiro atoms. The van der Waals surface area contributed by atoms with Gasteiger partial charge in [0.05, 0.1) is 0 Å². The molecule has 0 fully saturated rings. The van der Waals surface area contributed by atoms with E-state index in [9.17, 15) is 18.0 Å². The lowest BCUT2D eigenvalue weighted by atomic mass is 10.0. The first-order chi connectivity index (χ1) is 11.2. The van der Waals surface area contributed by atoms with Crippen LogP contribution in [0.15, 0.2) is 54.7 Å². The lowest BCUT2D eigenvalue weighted by Gasteiger charge is -2.09. The molecular formula is C18H16F3NO2. The lowest BCUT2D eigenvalue weighted by molar-refractivity contribution is -0.274. The van der Waals surface area contributed by atoms with E-state index in [0.717, 1.165) is 11.1 Å². The zero-order valence-electron chi connectivity index (χ0n) is 13.1. The molecule has 126 valence electrons. The standard InChI is InChI=1S/C18H16F3NO2/c1-12-3-4-13(2)16(11-12)17(23)9-10-22-14-5-7-15(8-6-14)24-18(19,20)21/h3-11,22H,1-2H3. The maximum Gasteiger partial charge on any atom is 0.573 e. The first-order valence-electron chi connectivity index (χ1n) is 7.15. The van der Waals surface area contributed by atoms with Crippen molar-refractivity contribution >= 4 is 11.5 Å². The number of rotatable bonds is 5. The fraction of sp³-hybridized carbons (Fsp3) is 0.167. The van der Waals surface area contributed by atoms with Gasteiger partial charge in [-0.1, -0.05) is 17.7 Å². The summed E-state index contributed by atoms with van der Waals surface area (Å²) in [7, 11) is 0. The highest BCUT2D eigenvalue weighted by molar-refractivity contribution is 6.05. The Hall–Kier alpha value is -2.76. The quantitative estimate of drug-likeness (QED) is 0.616. The molecule has 2 aromatic carbocycles. The molecule has 0 heterocycles. The molecule has 0 aliphatic carbocycles. The Morgan fingerprint density at radius 3 is 2.38 bits per heavy atom. The molecule has 24 heavy (non-hydrogen) atoms. The smallest absolute Gasteiger partial charge is 0.406 e. The minimum atomic E-state index is -4.72. The van der Waals surface area contributed by atoms with Gasteiger partial charge in [-0.15, -0.1) is 13.2 Å². The van der Waals surface area contributed by atoms with Gasteiger partial charge >= 0.3 is 6.36 Å². The maximum atomic E-state index is 12.1. The van der Waals surface area contributed by atoms with E-state index in [1.807, 2.05) is 32.0 Å². The Labute approximate surface area is 137 Å². The lowest BCUT2D eigenvalue weighted by Crippen LogP contribution is -2.16. The molecule has 0 atom stereocenters. The van der Waals surface area contributed by atoms with Crippen LogP contribution in [0.5, 0.6) is 5.75 Å². The third-order valence-corrected chi connectivity index (χ3v) is 3.23. The van der Waals surface area contributed by atoms with Crippen LogP contribution in [0.3, 0.4) is 0 Å². The predicted molar refractivity (Wildman–Crippen MR) is 86.1 cm³/mol. The number of ketones is 1. The fourth-order valence-electron chi connectivity index (χ4n) is 2.06. The number of nitrogens with one attached hydrogen (secondary N) is 1. The summed E-state index contributed by atoms with van der Waals surface area (Å²) in [5.74, 6) is -0.454. The molecule has 0 radical (unpaired) electrons. The number of ether oxygens (including phenoxy) is 1. The summed E-state index contributed by atoms with van der Waals surface area (Å²) in [6.45, 7) is 3.76. The van der Waals surface area contributed by atoms with Crippen LogP contribution < -0.4 is 10.1 Å². The number of alkyl halides is 3. The third-order valence-electron chi connectivity index (χ3n) is 3.23. The Bertz CT molecular complexity index is 750. The van der Waals surface area contributed by atoms with E-state index in [-0.39, 0.29) is 11.5 Å². The van der Waals surface area contributed by atoms with Crippen molar-refractivity contribution in [3.8, 4) is 5.75 Å². The van der Waals surface area contributed by atoms with Gasteiger partial charge in [0.1, 0.15) is 5.75 Å². The van der Waals surface area contributed by atoms with Crippen molar-refractivity contribution < 1.29 is 22.7 Å². The number of hydrogen-bond donors (Lipinski definition) is 1. The number of allylic oxidation sites excluding steroid dienone is 1. The number of anilines is 1. The third kappa shape index (κ3) is 5.15. The molecule has 0 amide bonds. The Morgan fingerprint density at radius 1 is 1.08 bits per heavy atom. The molecule has 2 aromatic rings. The Balaban J connectivity index is 1.98. The molecule has 0 saturated heterocycles. The van der Waals surface area contributed by atoms with Crippen LogP contribution in [-0.4, -0.2) is 12.1 Å². The van der Waals surface area contributed by atoms with Crippen LogP contribution in [0.25, 0.3) is 0 Å². The summed E-state index contributed by atoms with van der Waals surface area (Å²) in [6.07, 6.45) is -1.89. The molecule has 6 heteroatoms. The first-order valence-corrected chi connectivity index (χ1v) is 7.15. The van der Waals surface area contributed by atoms with Gasteiger partial charge in [0, 0.05) is 23.5 Å². The predicted octanol–water partition coefficient (Wildman–Crippen LogP) is 5.01. The van der Waals surface area contributed by atoms with Crippen LogP contribution in [0.1, 0.15) is 21.5 Å². The minimum Gasteiger partial charge on any atom is -0.406 e. The van der Waals surface area contributed by atoms with Crippen LogP contribution in [0.2, 0.25) is 0 Å². The molecule has 0 aromatic heterocycles. The zero-order chi connectivity index (χ0) is 17.7. The van der Waals surface area contributed by atoms with Gasteiger partial charge in [0.2, 0.25) is 0 Å². The normalized spacial score (nSPS) is 11.5.